The summed E-state index contributed by atoms with van der Waals surface area (Å²) in [6.07, 6.45) is 1.05. The first kappa shape index (κ1) is 18.5. The molecule has 2 N–H and O–H groups in total. The third-order valence-electron chi connectivity index (χ3n) is 2.91. The van der Waals surface area contributed by atoms with Gasteiger partial charge in [-0.1, -0.05) is 60.4 Å². The molecule has 3 rings (SSSR count). The van der Waals surface area contributed by atoms with Crippen molar-refractivity contribution < 1.29 is 8.42 Å². The molecule has 26 heavy (non-hydrogen) atoms. The van der Waals surface area contributed by atoms with Gasteiger partial charge in [0.25, 0.3) is 5.13 Å². The molecule has 0 atom stereocenters. The van der Waals surface area contributed by atoms with Crippen molar-refractivity contribution in [3.05, 3.63) is 30.3 Å². The van der Waals surface area contributed by atoms with Crippen LogP contribution >= 0.6 is 23.1 Å². The Morgan fingerprint density at radius 1 is 1.23 bits per heavy atom. The number of rotatable bonds is 7. The molecule has 0 saturated carbocycles. The van der Waals surface area contributed by atoms with Crippen molar-refractivity contribution in [2.75, 3.05) is 16.7 Å². The van der Waals surface area contributed by atoms with Gasteiger partial charge >= 0.3 is 0 Å². The predicted octanol–water partition coefficient (Wildman–Crippen LogP) is 3.83. The predicted molar refractivity (Wildman–Crippen MR) is 103 cm³/mol. The number of sulfonamides is 1. The zero-order valence-electron chi connectivity index (χ0n) is 13.9. The molecule has 9 nitrogen and oxygen atoms in total. The van der Waals surface area contributed by atoms with Crippen LogP contribution in [0.5, 0.6) is 0 Å². The van der Waals surface area contributed by atoms with Crippen LogP contribution in [0.1, 0.15) is 6.92 Å². The van der Waals surface area contributed by atoms with Gasteiger partial charge in [-0.3, -0.25) is 4.72 Å². The maximum atomic E-state index is 11.5. The number of azo groups is 1. The monoisotopic (exact) mass is 409 g/mol. The second-order valence-electron chi connectivity index (χ2n) is 5.01. The second kappa shape index (κ2) is 7.93. The Kier molecular flexibility index (Phi) is 5.64. The van der Waals surface area contributed by atoms with Gasteiger partial charge in [-0.05, 0) is 5.75 Å². The summed E-state index contributed by atoms with van der Waals surface area (Å²) in [4.78, 5) is 7.10. The Labute approximate surface area is 158 Å². The van der Waals surface area contributed by atoms with Gasteiger partial charge in [-0.2, -0.15) is 0 Å². The number of imidazole rings is 1. The van der Waals surface area contributed by atoms with Crippen LogP contribution in [0.4, 0.5) is 16.9 Å². The van der Waals surface area contributed by atoms with E-state index in [9.17, 15) is 8.42 Å². The summed E-state index contributed by atoms with van der Waals surface area (Å²) in [5.74, 6) is 1.28. The van der Waals surface area contributed by atoms with E-state index in [1.165, 1.54) is 11.3 Å². The molecular formula is C14H15N7O2S3. The van der Waals surface area contributed by atoms with Gasteiger partial charge < -0.3 is 4.98 Å². The SMILES string of the molecule is CCSc1nnc(/N=N/c2[nH]c(NS(C)(=O)=O)nc2-c2ccccc2)s1. The van der Waals surface area contributed by atoms with E-state index in [4.69, 9.17) is 0 Å². The largest absolute Gasteiger partial charge is 0.306 e. The summed E-state index contributed by atoms with van der Waals surface area (Å²) in [6, 6.07) is 9.28. The zero-order chi connectivity index (χ0) is 18.6. The van der Waals surface area contributed by atoms with Crippen molar-refractivity contribution in [3.8, 4) is 11.3 Å². The first-order chi connectivity index (χ1) is 12.4. The van der Waals surface area contributed by atoms with E-state index in [0.29, 0.717) is 16.6 Å². The molecule has 2 aromatic heterocycles. The van der Waals surface area contributed by atoms with Crippen LogP contribution in [0.15, 0.2) is 44.9 Å². The number of hydrogen-bond donors (Lipinski definition) is 2. The van der Waals surface area contributed by atoms with Gasteiger partial charge in [-0.25, -0.2) is 13.4 Å². The molecule has 0 amide bonds. The Balaban J connectivity index is 1.94. The maximum Gasteiger partial charge on any atom is 0.252 e. The molecule has 0 saturated heterocycles. The van der Waals surface area contributed by atoms with Crippen LogP contribution in [0.25, 0.3) is 11.3 Å². The van der Waals surface area contributed by atoms with Crippen molar-refractivity contribution in [1.29, 1.82) is 0 Å². The Morgan fingerprint density at radius 3 is 2.69 bits per heavy atom. The Hall–Kier alpha value is -2.31. The molecule has 12 heteroatoms. The number of nitrogens with zero attached hydrogens (tertiary/aromatic N) is 5. The fourth-order valence-electron chi connectivity index (χ4n) is 1.98. The van der Waals surface area contributed by atoms with E-state index in [2.05, 4.69) is 35.1 Å². The molecule has 0 fully saturated rings. The molecule has 3 aromatic rings. The van der Waals surface area contributed by atoms with Crippen molar-refractivity contribution in [2.45, 2.75) is 11.3 Å². The van der Waals surface area contributed by atoms with Gasteiger partial charge in [0.15, 0.2) is 10.2 Å². The number of thioether (sulfide) groups is 1. The third kappa shape index (κ3) is 4.86. The minimum Gasteiger partial charge on any atom is -0.306 e. The molecule has 0 aliphatic rings. The lowest BCUT2D eigenvalue weighted by molar-refractivity contribution is 0.606. The molecule has 0 aliphatic carbocycles. The highest BCUT2D eigenvalue weighted by molar-refractivity contribution is 8.01. The van der Waals surface area contributed by atoms with E-state index < -0.39 is 10.0 Å². The zero-order valence-corrected chi connectivity index (χ0v) is 16.3. The van der Waals surface area contributed by atoms with E-state index in [1.807, 2.05) is 37.3 Å². The molecule has 136 valence electrons. The molecule has 0 radical (unpaired) electrons. The van der Waals surface area contributed by atoms with Gasteiger partial charge in [0, 0.05) is 5.56 Å². The number of H-pyrrole nitrogens is 1. The second-order valence-corrected chi connectivity index (χ2v) is 9.22. The minimum absolute atomic E-state index is 0.0693. The topological polar surface area (TPSA) is 125 Å². The summed E-state index contributed by atoms with van der Waals surface area (Å²) in [5.41, 5.74) is 1.26. The van der Waals surface area contributed by atoms with Gasteiger partial charge in [0.1, 0.15) is 5.69 Å². The molecule has 0 unspecified atom stereocenters. The van der Waals surface area contributed by atoms with Crippen LogP contribution < -0.4 is 4.72 Å². The van der Waals surface area contributed by atoms with Crippen LogP contribution in [0, 0.1) is 0 Å². The average Bonchev–Trinajstić information content (AvgIpc) is 3.19. The first-order valence-electron chi connectivity index (χ1n) is 7.46. The average molecular weight is 410 g/mol. The van der Waals surface area contributed by atoms with Crippen LogP contribution in [-0.4, -0.2) is 40.6 Å². The van der Waals surface area contributed by atoms with Crippen LogP contribution in [0.3, 0.4) is 0 Å². The highest BCUT2D eigenvalue weighted by Gasteiger charge is 2.15. The number of anilines is 1. The van der Waals surface area contributed by atoms with Crippen LogP contribution in [-0.2, 0) is 10.0 Å². The molecule has 0 spiro atoms. The summed E-state index contributed by atoms with van der Waals surface area (Å²) >= 11 is 2.90. The minimum atomic E-state index is -3.47. The lowest BCUT2D eigenvalue weighted by atomic mass is 10.1. The van der Waals surface area contributed by atoms with Crippen molar-refractivity contribution in [2.24, 2.45) is 10.2 Å². The first-order valence-corrected chi connectivity index (χ1v) is 11.1. The lowest BCUT2D eigenvalue weighted by Crippen LogP contribution is -2.10. The Morgan fingerprint density at radius 2 is 2.00 bits per heavy atom. The van der Waals surface area contributed by atoms with E-state index in [-0.39, 0.29) is 5.95 Å². The summed E-state index contributed by atoms with van der Waals surface area (Å²) in [5, 5.41) is 16.6. The number of hydrogen-bond acceptors (Lipinski definition) is 9. The maximum absolute atomic E-state index is 11.5. The number of nitrogens with one attached hydrogen (secondary N) is 2. The normalized spacial score (nSPS) is 11.9. The molecule has 2 heterocycles. The highest BCUT2D eigenvalue weighted by Crippen LogP contribution is 2.32. The van der Waals surface area contributed by atoms with E-state index >= 15 is 0 Å². The summed E-state index contributed by atoms with van der Waals surface area (Å²) in [7, 11) is -3.47. The van der Waals surface area contributed by atoms with Gasteiger partial charge in [0.2, 0.25) is 16.0 Å². The van der Waals surface area contributed by atoms with E-state index in [1.54, 1.807) is 11.8 Å². The molecule has 0 bridgehead atoms. The van der Waals surface area contributed by atoms with E-state index in [0.717, 1.165) is 21.9 Å². The third-order valence-corrected chi connectivity index (χ3v) is 5.30. The van der Waals surface area contributed by atoms with Crippen molar-refractivity contribution in [1.82, 2.24) is 20.2 Å². The number of aromatic amines is 1. The van der Waals surface area contributed by atoms with Gasteiger partial charge in [0.05, 0.1) is 6.26 Å². The fraction of sp³-hybridized carbons (Fsp3) is 0.214. The summed E-state index contributed by atoms with van der Waals surface area (Å²) in [6.45, 7) is 2.03. The molecule has 1 aromatic carbocycles. The van der Waals surface area contributed by atoms with Crippen LogP contribution in [0.2, 0.25) is 0 Å². The fourth-order valence-corrected chi connectivity index (χ4v) is 3.98. The Bertz CT molecular complexity index is 1010. The number of aromatic nitrogens is 4. The standard InChI is InChI=1S/C14H15N7O2S3/c1-3-24-14-20-19-13(25-14)18-17-11-10(9-7-5-4-6-8-9)15-12(16-11)21-26(2,22)23/h4-8H,3H2,1-2H3,(H2,15,16,21)/b18-17+. The van der Waals surface area contributed by atoms with Crippen molar-refractivity contribution >= 4 is 50.0 Å². The van der Waals surface area contributed by atoms with Gasteiger partial charge in [-0.15, -0.1) is 20.4 Å². The smallest absolute Gasteiger partial charge is 0.252 e. The lowest BCUT2D eigenvalue weighted by Gasteiger charge is -1.97. The molecule has 0 aliphatic heterocycles. The summed E-state index contributed by atoms with van der Waals surface area (Å²) < 4.78 is 26.0. The highest BCUT2D eigenvalue weighted by atomic mass is 32.2. The number of benzene rings is 1. The quantitative estimate of drug-likeness (QED) is 0.451. The van der Waals surface area contributed by atoms with Crippen molar-refractivity contribution in [3.63, 3.8) is 0 Å². The molecular weight excluding hydrogens is 394 g/mol.